The average molecular weight is 236 g/mol. The molecule has 1 aromatic carbocycles. The van der Waals surface area contributed by atoms with Crippen LogP contribution in [0.25, 0.3) is 10.1 Å². The number of halogens is 1. The molecule has 2 aromatic rings. The summed E-state index contributed by atoms with van der Waals surface area (Å²) in [4.78, 5) is 2.33. The maximum absolute atomic E-state index is 13.5. The quantitative estimate of drug-likeness (QED) is 0.818. The third-order valence-electron chi connectivity index (χ3n) is 2.99. The zero-order valence-corrected chi connectivity index (χ0v) is 9.69. The second kappa shape index (κ2) is 4.03. The zero-order chi connectivity index (χ0) is 11.0. The highest BCUT2D eigenvalue weighted by Gasteiger charge is 2.15. The van der Waals surface area contributed by atoms with Gasteiger partial charge in [-0.05, 0) is 6.07 Å². The molecule has 0 bridgehead atoms. The fourth-order valence-electron chi connectivity index (χ4n) is 2.16. The topological polar surface area (TPSA) is 15.3 Å². The van der Waals surface area contributed by atoms with E-state index in [1.54, 1.807) is 6.07 Å². The van der Waals surface area contributed by atoms with E-state index in [0.717, 1.165) is 36.3 Å². The molecule has 0 saturated carbocycles. The molecule has 3 rings (SSSR count). The number of hydrogen-bond acceptors (Lipinski definition) is 3. The molecule has 0 amide bonds. The Kier molecular flexibility index (Phi) is 2.53. The molecule has 16 heavy (non-hydrogen) atoms. The van der Waals surface area contributed by atoms with E-state index >= 15 is 0 Å². The van der Waals surface area contributed by atoms with E-state index < -0.39 is 0 Å². The Bertz CT molecular complexity index is 503. The SMILES string of the molecule is Fc1cccc2c(N3CCNCC3)csc12. The first-order valence-corrected chi connectivity index (χ1v) is 6.35. The average Bonchev–Trinajstić information content (AvgIpc) is 2.75. The molecule has 1 aliphatic rings. The van der Waals surface area contributed by atoms with E-state index in [4.69, 9.17) is 0 Å². The summed E-state index contributed by atoms with van der Waals surface area (Å²) in [5.74, 6) is -0.108. The lowest BCUT2D eigenvalue weighted by molar-refractivity contribution is 0.590. The monoisotopic (exact) mass is 236 g/mol. The maximum atomic E-state index is 13.5. The Morgan fingerprint density at radius 2 is 2.06 bits per heavy atom. The highest BCUT2D eigenvalue weighted by atomic mass is 32.1. The largest absolute Gasteiger partial charge is 0.368 e. The molecule has 1 fully saturated rings. The number of nitrogens with one attached hydrogen (secondary N) is 1. The highest BCUT2D eigenvalue weighted by Crippen LogP contribution is 2.34. The first kappa shape index (κ1) is 10.1. The van der Waals surface area contributed by atoms with E-state index in [1.165, 1.54) is 23.1 Å². The van der Waals surface area contributed by atoms with Crippen molar-refractivity contribution in [2.24, 2.45) is 0 Å². The number of nitrogens with zero attached hydrogens (tertiary/aromatic N) is 1. The highest BCUT2D eigenvalue weighted by molar-refractivity contribution is 7.17. The van der Waals surface area contributed by atoms with Crippen molar-refractivity contribution in [1.29, 1.82) is 0 Å². The number of hydrogen-bond donors (Lipinski definition) is 1. The normalized spacial score (nSPS) is 16.9. The second-order valence-electron chi connectivity index (χ2n) is 3.97. The van der Waals surface area contributed by atoms with E-state index in [-0.39, 0.29) is 5.82 Å². The van der Waals surface area contributed by atoms with Gasteiger partial charge in [-0.3, -0.25) is 0 Å². The van der Waals surface area contributed by atoms with Gasteiger partial charge >= 0.3 is 0 Å². The van der Waals surface area contributed by atoms with Gasteiger partial charge in [-0.25, -0.2) is 4.39 Å². The van der Waals surface area contributed by atoms with Gasteiger partial charge in [-0.2, -0.15) is 0 Å². The van der Waals surface area contributed by atoms with Crippen molar-refractivity contribution in [3.05, 3.63) is 29.4 Å². The summed E-state index contributed by atoms with van der Waals surface area (Å²) < 4.78 is 14.3. The molecule has 0 radical (unpaired) electrons. The molecule has 84 valence electrons. The smallest absolute Gasteiger partial charge is 0.141 e. The minimum absolute atomic E-state index is 0.108. The fourth-order valence-corrected chi connectivity index (χ4v) is 3.14. The molecule has 1 N–H and O–H groups in total. The lowest BCUT2D eigenvalue weighted by atomic mass is 10.2. The van der Waals surface area contributed by atoms with Gasteiger partial charge in [0.2, 0.25) is 0 Å². The summed E-state index contributed by atoms with van der Waals surface area (Å²) in [6, 6.07) is 5.32. The minimum atomic E-state index is -0.108. The Morgan fingerprint density at radius 3 is 2.88 bits per heavy atom. The van der Waals surface area contributed by atoms with Gasteiger partial charge in [0.1, 0.15) is 5.82 Å². The van der Waals surface area contributed by atoms with Gasteiger partial charge in [0, 0.05) is 36.9 Å². The van der Waals surface area contributed by atoms with Gasteiger partial charge in [0.25, 0.3) is 0 Å². The summed E-state index contributed by atoms with van der Waals surface area (Å²) in [6.45, 7) is 4.02. The van der Waals surface area contributed by atoms with Crippen molar-refractivity contribution in [3.8, 4) is 0 Å². The number of anilines is 1. The number of fused-ring (bicyclic) bond motifs is 1. The van der Waals surface area contributed by atoms with E-state index in [2.05, 4.69) is 15.6 Å². The molecule has 0 spiro atoms. The lowest BCUT2D eigenvalue weighted by Gasteiger charge is -2.28. The van der Waals surface area contributed by atoms with Crippen LogP contribution in [0.3, 0.4) is 0 Å². The predicted octanol–water partition coefficient (Wildman–Crippen LogP) is 2.45. The van der Waals surface area contributed by atoms with Crippen molar-refractivity contribution in [2.45, 2.75) is 0 Å². The van der Waals surface area contributed by atoms with Gasteiger partial charge in [0.05, 0.1) is 10.4 Å². The van der Waals surface area contributed by atoms with Crippen LogP contribution in [0, 0.1) is 5.82 Å². The third kappa shape index (κ3) is 1.58. The van der Waals surface area contributed by atoms with E-state index in [1.807, 2.05) is 6.07 Å². The molecule has 0 aliphatic carbocycles. The van der Waals surface area contributed by atoms with Crippen LogP contribution < -0.4 is 10.2 Å². The van der Waals surface area contributed by atoms with Crippen LogP contribution >= 0.6 is 11.3 Å². The Morgan fingerprint density at radius 1 is 1.25 bits per heavy atom. The molecular formula is C12H13FN2S. The molecule has 2 nitrogen and oxygen atoms in total. The number of piperazine rings is 1. The number of rotatable bonds is 1. The fraction of sp³-hybridized carbons (Fsp3) is 0.333. The summed E-state index contributed by atoms with van der Waals surface area (Å²) in [7, 11) is 0. The van der Waals surface area contributed by atoms with E-state index in [9.17, 15) is 4.39 Å². The summed E-state index contributed by atoms with van der Waals surface area (Å²) >= 11 is 1.50. The molecule has 0 atom stereocenters. The summed E-state index contributed by atoms with van der Waals surface area (Å²) in [5, 5.41) is 6.44. The van der Waals surface area contributed by atoms with Crippen LogP contribution in [0.1, 0.15) is 0 Å². The number of benzene rings is 1. The molecule has 0 unspecified atom stereocenters. The summed E-state index contributed by atoms with van der Waals surface area (Å²) in [6.07, 6.45) is 0. The first-order chi connectivity index (χ1) is 7.86. The van der Waals surface area contributed by atoms with Crippen LogP contribution in [0.5, 0.6) is 0 Å². The van der Waals surface area contributed by atoms with Gasteiger partial charge in [0.15, 0.2) is 0 Å². The van der Waals surface area contributed by atoms with Crippen LogP contribution in [0.15, 0.2) is 23.6 Å². The molecule has 1 aliphatic heterocycles. The Balaban J connectivity index is 2.06. The van der Waals surface area contributed by atoms with Crippen LogP contribution in [0.2, 0.25) is 0 Å². The van der Waals surface area contributed by atoms with Crippen LogP contribution in [-0.4, -0.2) is 26.2 Å². The zero-order valence-electron chi connectivity index (χ0n) is 8.87. The molecule has 4 heteroatoms. The van der Waals surface area contributed by atoms with Crippen molar-refractivity contribution >= 4 is 27.1 Å². The van der Waals surface area contributed by atoms with E-state index in [0.29, 0.717) is 0 Å². The van der Waals surface area contributed by atoms with Crippen molar-refractivity contribution in [3.63, 3.8) is 0 Å². The van der Waals surface area contributed by atoms with Crippen molar-refractivity contribution in [2.75, 3.05) is 31.1 Å². The standard InChI is InChI=1S/C12H13FN2S/c13-10-3-1-2-9-11(8-16-12(9)10)15-6-4-14-5-7-15/h1-3,8,14H,4-7H2. The van der Waals surface area contributed by atoms with Gasteiger partial charge in [-0.15, -0.1) is 11.3 Å². The molecule has 1 saturated heterocycles. The first-order valence-electron chi connectivity index (χ1n) is 5.47. The predicted molar refractivity (Wildman–Crippen MR) is 66.9 cm³/mol. The molecule has 1 aromatic heterocycles. The minimum Gasteiger partial charge on any atom is -0.368 e. The van der Waals surface area contributed by atoms with Crippen molar-refractivity contribution in [1.82, 2.24) is 5.32 Å². The van der Waals surface area contributed by atoms with Crippen LogP contribution in [-0.2, 0) is 0 Å². The summed E-state index contributed by atoms with van der Waals surface area (Å²) in [5.41, 5.74) is 1.18. The second-order valence-corrected chi connectivity index (χ2v) is 4.85. The molecular weight excluding hydrogens is 223 g/mol. The molecule has 2 heterocycles. The lowest BCUT2D eigenvalue weighted by Crippen LogP contribution is -2.43. The Hall–Kier alpha value is -1.13. The third-order valence-corrected chi connectivity index (χ3v) is 3.98. The Labute approximate surface area is 97.7 Å². The van der Waals surface area contributed by atoms with Crippen LogP contribution in [0.4, 0.5) is 10.1 Å². The maximum Gasteiger partial charge on any atom is 0.141 e. The van der Waals surface area contributed by atoms with Gasteiger partial charge < -0.3 is 10.2 Å². The van der Waals surface area contributed by atoms with Gasteiger partial charge in [-0.1, -0.05) is 12.1 Å². The number of thiophene rings is 1. The van der Waals surface area contributed by atoms with Crippen molar-refractivity contribution < 1.29 is 4.39 Å².